The number of benzene rings is 1. The molecule has 0 amide bonds. The molecule has 0 aliphatic carbocycles. The maximum absolute atomic E-state index is 12.1. The van der Waals surface area contributed by atoms with Crippen LogP contribution in [-0.2, 0) is 0 Å². The first-order valence-corrected chi connectivity index (χ1v) is 9.32. The van der Waals surface area contributed by atoms with Gasteiger partial charge < -0.3 is 14.8 Å². The molecule has 0 atom stereocenters. The third kappa shape index (κ3) is 9.64. The summed E-state index contributed by atoms with van der Waals surface area (Å²) in [5.41, 5.74) is 0.686. The molecule has 0 aliphatic heterocycles. The Morgan fingerprint density at radius 2 is 1.67 bits per heavy atom. The molecule has 2 rings (SSSR count). The van der Waals surface area contributed by atoms with Gasteiger partial charge in [0.2, 0.25) is 5.96 Å². The van der Waals surface area contributed by atoms with Gasteiger partial charge in [0.15, 0.2) is 6.19 Å². The SMILES string of the molecule is N#CNC(=Nc1ccncc1)NCCCCCCOc1ccc(OC(F)(F)F)cc1. The van der Waals surface area contributed by atoms with Gasteiger partial charge in [-0.15, -0.1) is 13.2 Å². The van der Waals surface area contributed by atoms with Crippen LogP contribution in [0.4, 0.5) is 18.9 Å². The molecule has 0 aliphatic rings. The van der Waals surface area contributed by atoms with Gasteiger partial charge in [0.25, 0.3) is 0 Å². The molecule has 1 heterocycles. The van der Waals surface area contributed by atoms with E-state index in [1.165, 1.54) is 24.3 Å². The average Bonchev–Trinajstić information content (AvgIpc) is 2.71. The van der Waals surface area contributed by atoms with Crippen molar-refractivity contribution in [2.75, 3.05) is 13.2 Å². The summed E-state index contributed by atoms with van der Waals surface area (Å²) in [4.78, 5) is 8.21. The molecule has 1 aromatic heterocycles. The molecule has 0 saturated heterocycles. The highest BCUT2D eigenvalue weighted by Crippen LogP contribution is 2.24. The molecule has 0 radical (unpaired) electrons. The van der Waals surface area contributed by atoms with E-state index in [-0.39, 0.29) is 5.75 Å². The topological polar surface area (TPSA) is 91.6 Å². The van der Waals surface area contributed by atoms with E-state index in [2.05, 4.69) is 25.3 Å². The quantitative estimate of drug-likeness (QED) is 0.196. The fourth-order valence-electron chi connectivity index (χ4n) is 2.43. The number of guanidine groups is 1. The van der Waals surface area contributed by atoms with E-state index in [4.69, 9.17) is 10.00 Å². The molecule has 10 heteroatoms. The van der Waals surface area contributed by atoms with E-state index in [9.17, 15) is 13.2 Å². The monoisotopic (exact) mass is 421 g/mol. The van der Waals surface area contributed by atoms with Gasteiger partial charge in [-0.3, -0.25) is 10.3 Å². The molecule has 0 unspecified atom stereocenters. The minimum atomic E-state index is -4.70. The number of halogens is 3. The van der Waals surface area contributed by atoms with Gasteiger partial charge in [0.1, 0.15) is 11.5 Å². The van der Waals surface area contributed by atoms with Crippen LogP contribution in [0.2, 0.25) is 0 Å². The summed E-state index contributed by atoms with van der Waals surface area (Å²) in [6.45, 7) is 1.12. The lowest BCUT2D eigenvalue weighted by Gasteiger charge is -2.10. The van der Waals surface area contributed by atoms with Crippen molar-refractivity contribution in [2.45, 2.75) is 32.0 Å². The van der Waals surface area contributed by atoms with Gasteiger partial charge in [-0.25, -0.2) is 4.99 Å². The number of pyridine rings is 1. The Kier molecular flexibility index (Phi) is 9.24. The largest absolute Gasteiger partial charge is 0.573 e. The van der Waals surface area contributed by atoms with E-state index in [0.717, 1.165) is 25.7 Å². The van der Waals surface area contributed by atoms with E-state index >= 15 is 0 Å². The number of hydrogen-bond acceptors (Lipinski definition) is 5. The summed E-state index contributed by atoms with van der Waals surface area (Å²) in [5, 5.41) is 14.4. The molecular weight excluding hydrogens is 399 g/mol. The Hall–Kier alpha value is -3.48. The average molecular weight is 421 g/mol. The Labute approximate surface area is 172 Å². The van der Waals surface area contributed by atoms with Gasteiger partial charge in [0, 0.05) is 18.9 Å². The second-order valence-corrected chi connectivity index (χ2v) is 6.11. The van der Waals surface area contributed by atoms with Crippen LogP contribution >= 0.6 is 0 Å². The second-order valence-electron chi connectivity index (χ2n) is 6.11. The number of nitrogens with zero attached hydrogens (tertiary/aromatic N) is 3. The summed E-state index contributed by atoms with van der Waals surface area (Å²) in [5.74, 6) is 0.593. The minimum Gasteiger partial charge on any atom is -0.494 e. The van der Waals surface area contributed by atoms with Gasteiger partial charge in [0.05, 0.1) is 12.3 Å². The van der Waals surface area contributed by atoms with Crippen LogP contribution in [0.15, 0.2) is 53.8 Å². The summed E-state index contributed by atoms with van der Waals surface area (Å²) >= 11 is 0. The van der Waals surface area contributed by atoms with Gasteiger partial charge in [-0.05, 0) is 49.2 Å². The van der Waals surface area contributed by atoms with Crippen LogP contribution in [0.5, 0.6) is 11.5 Å². The van der Waals surface area contributed by atoms with E-state index in [1.807, 2.05) is 6.19 Å². The van der Waals surface area contributed by atoms with Crippen molar-refractivity contribution in [2.24, 2.45) is 4.99 Å². The van der Waals surface area contributed by atoms with Crippen molar-refractivity contribution in [3.05, 3.63) is 48.8 Å². The predicted molar refractivity (Wildman–Crippen MR) is 105 cm³/mol. The van der Waals surface area contributed by atoms with Crippen molar-refractivity contribution >= 4 is 11.6 Å². The number of unbranched alkanes of at least 4 members (excludes halogenated alkanes) is 3. The molecule has 7 nitrogen and oxygen atoms in total. The zero-order valence-electron chi connectivity index (χ0n) is 16.2. The number of alkyl halides is 3. The molecule has 0 bridgehead atoms. The number of hydrogen-bond donors (Lipinski definition) is 2. The summed E-state index contributed by atoms with van der Waals surface area (Å²) in [7, 11) is 0. The smallest absolute Gasteiger partial charge is 0.494 e. The maximum Gasteiger partial charge on any atom is 0.573 e. The zero-order valence-corrected chi connectivity index (χ0v) is 16.2. The van der Waals surface area contributed by atoms with Crippen LogP contribution in [0, 0.1) is 11.5 Å². The van der Waals surface area contributed by atoms with Crippen LogP contribution in [0.3, 0.4) is 0 Å². The molecule has 1 aromatic carbocycles. The first-order valence-electron chi connectivity index (χ1n) is 9.32. The molecule has 2 N–H and O–H groups in total. The van der Waals surface area contributed by atoms with Crippen molar-refractivity contribution in [1.29, 1.82) is 5.26 Å². The number of ether oxygens (including phenoxy) is 2. The Morgan fingerprint density at radius 1 is 1.00 bits per heavy atom. The van der Waals surface area contributed by atoms with Crippen LogP contribution < -0.4 is 20.1 Å². The minimum absolute atomic E-state index is 0.278. The first kappa shape index (κ1) is 22.8. The lowest BCUT2D eigenvalue weighted by atomic mass is 10.2. The third-order valence-corrected chi connectivity index (χ3v) is 3.77. The van der Waals surface area contributed by atoms with Crippen LogP contribution in [0.25, 0.3) is 0 Å². The number of aliphatic imine (C=N–C) groups is 1. The number of nitriles is 1. The van der Waals surface area contributed by atoms with Crippen molar-refractivity contribution in [1.82, 2.24) is 15.6 Å². The van der Waals surface area contributed by atoms with Crippen LogP contribution in [0.1, 0.15) is 25.7 Å². The van der Waals surface area contributed by atoms with Gasteiger partial charge >= 0.3 is 6.36 Å². The molecule has 0 spiro atoms. The standard InChI is InChI=1S/C20H22F3N5O2/c21-20(22,23)30-18-7-5-17(6-8-18)29-14-4-2-1-3-11-26-19(27-15-24)28-16-9-12-25-13-10-16/h5-10,12-13H,1-4,11,14H2,(H2,25,26,27,28). The summed E-state index contributed by atoms with van der Waals surface area (Å²) < 4.78 is 45.7. The molecule has 0 saturated carbocycles. The Morgan fingerprint density at radius 3 is 2.33 bits per heavy atom. The highest BCUT2D eigenvalue weighted by atomic mass is 19.4. The molecular formula is C20H22F3N5O2. The van der Waals surface area contributed by atoms with E-state index in [1.54, 1.807) is 24.5 Å². The zero-order chi connectivity index (χ0) is 21.7. The predicted octanol–water partition coefficient (Wildman–Crippen LogP) is 4.27. The van der Waals surface area contributed by atoms with Gasteiger partial charge in [-0.2, -0.15) is 5.26 Å². The Balaban J connectivity index is 1.58. The summed E-state index contributed by atoms with van der Waals surface area (Å²) in [6.07, 6.45) is 3.96. The number of nitrogens with one attached hydrogen (secondary N) is 2. The Bertz CT molecular complexity index is 821. The number of rotatable bonds is 10. The highest BCUT2D eigenvalue weighted by Gasteiger charge is 2.30. The molecule has 160 valence electrons. The second kappa shape index (κ2) is 12.2. The van der Waals surface area contributed by atoms with Crippen molar-refractivity contribution < 1.29 is 22.6 Å². The van der Waals surface area contributed by atoms with E-state index in [0.29, 0.717) is 30.5 Å². The number of aromatic nitrogens is 1. The summed E-state index contributed by atoms with van der Waals surface area (Å²) in [6, 6.07) is 8.78. The van der Waals surface area contributed by atoms with Crippen LogP contribution in [-0.4, -0.2) is 30.5 Å². The van der Waals surface area contributed by atoms with Gasteiger partial charge in [-0.1, -0.05) is 12.8 Å². The van der Waals surface area contributed by atoms with Crippen molar-refractivity contribution in [3.63, 3.8) is 0 Å². The normalized spacial score (nSPS) is 11.5. The highest BCUT2D eigenvalue weighted by molar-refractivity contribution is 5.83. The van der Waals surface area contributed by atoms with Crippen molar-refractivity contribution in [3.8, 4) is 17.7 Å². The lowest BCUT2D eigenvalue weighted by Crippen LogP contribution is -2.34. The fraction of sp³-hybridized carbons (Fsp3) is 0.350. The fourth-order valence-corrected chi connectivity index (χ4v) is 2.43. The molecule has 2 aromatic rings. The molecule has 0 fully saturated rings. The maximum atomic E-state index is 12.1. The van der Waals surface area contributed by atoms with E-state index < -0.39 is 6.36 Å². The third-order valence-electron chi connectivity index (χ3n) is 3.77. The molecule has 30 heavy (non-hydrogen) atoms. The lowest BCUT2D eigenvalue weighted by molar-refractivity contribution is -0.274. The first-order chi connectivity index (χ1) is 14.5.